The fraction of sp³-hybridized carbons (Fsp3) is 0.500. The number of nitrogens with two attached hydrogens (primary N) is 1. The van der Waals surface area contributed by atoms with Gasteiger partial charge in [0, 0.05) is 19.1 Å². The molecule has 6 nitrogen and oxygen atoms in total. The van der Waals surface area contributed by atoms with Crippen LogP contribution < -0.4 is 16.2 Å². The minimum absolute atomic E-state index is 0.00971. The van der Waals surface area contributed by atoms with E-state index < -0.39 is 17.3 Å². The molecule has 1 saturated heterocycles. The summed E-state index contributed by atoms with van der Waals surface area (Å²) in [6.07, 6.45) is 3.97. The third kappa shape index (κ3) is 2.81. The predicted molar refractivity (Wildman–Crippen MR) is 101 cm³/mol. The fourth-order valence-corrected chi connectivity index (χ4v) is 4.40. The number of fused-ring (bicyclic) bond motifs is 1. The molecule has 2 aromatic heterocycles. The van der Waals surface area contributed by atoms with Gasteiger partial charge in [-0.2, -0.15) is 0 Å². The maximum absolute atomic E-state index is 15.1. The van der Waals surface area contributed by atoms with E-state index in [1.165, 1.54) is 10.5 Å². The van der Waals surface area contributed by atoms with Crippen LogP contribution >= 0.6 is 0 Å². The van der Waals surface area contributed by atoms with Gasteiger partial charge in [0.25, 0.3) is 5.56 Å². The van der Waals surface area contributed by atoms with Gasteiger partial charge in [-0.3, -0.25) is 9.20 Å². The van der Waals surface area contributed by atoms with E-state index in [1.54, 1.807) is 0 Å². The topological polar surface area (TPSA) is 88.0 Å². The zero-order valence-electron chi connectivity index (χ0n) is 15.5. The van der Waals surface area contributed by atoms with E-state index in [9.17, 15) is 14.7 Å². The smallest absolute Gasteiger partial charge is 0.341 e. The quantitative estimate of drug-likeness (QED) is 0.860. The molecule has 27 heavy (non-hydrogen) atoms. The Morgan fingerprint density at radius 2 is 2.07 bits per heavy atom. The highest BCUT2D eigenvalue weighted by molar-refractivity contribution is 5.89. The van der Waals surface area contributed by atoms with Crippen molar-refractivity contribution in [3.8, 4) is 0 Å². The largest absolute Gasteiger partial charge is 0.477 e. The maximum atomic E-state index is 15.1. The van der Waals surface area contributed by atoms with Crippen LogP contribution in [0.4, 0.5) is 10.1 Å². The van der Waals surface area contributed by atoms with Gasteiger partial charge in [0.1, 0.15) is 5.56 Å². The van der Waals surface area contributed by atoms with Gasteiger partial charge < -0.3 is 15.7 Å². The molecule has 1 saturated carbocycles. The van der Waals surface area contributed by atoms with Crippen LogP contribution in [0.1, 0.15) is 53.6 Å². The summed E-state index contributed by atoms with van der Waals surface area (Å²) in [6, 6.07) is 1.47. The number of nitrogens with zero attached hydrogens (tertiary/aromatic N) is 2. The Bertz CT molecular complexity index is 996. The predicted octanol–water partition coefficient (Wildman–Crippen LogP) is 2.50. The standard InChI is InChI=1S/C20H24FN3O3/c1-3-11-7-23(9-16(11)22)18-10(2)17-13(12-4-5-12)6-14(20(26)27)19(25)24(17)8-15(18)21/h6,8,11-12,16H,3-5,7,9,22H2,1-2H3,(H,26,27)/t11-,16+/m1/s1. The van der Waals surface area contributed by atoms with E-state index in [-0.39, 0.29) is 17.5 Å². The lowest BCUT2D eigenvalue weighted by Crippen LogP contribution is -2.30. The molecular formula is C20H24FN3O3. The number of pyridine rings is 2. The summed E-state index contributed by atoms with van der Waals surface area (Å²) in [5, 5.41) is 9.37. The van der Waals surface area contributed by atoms with Crippen LogP contribution in [0.3, 0.4) is 0 Å². The molecule has 1 aliphatic carbocycles. The van der Waals surface area contributed by atoms with Crippen LogP contribution in [-0.2, 0) is 0 Å². The van der Waals surface area contributed by atoms with E-state index in [0.29, 0.717) is 35.8 Å². The second-order valence-electron chi connectivity index (χ2n) is 7.80. The molecule has 0 spiro atoms. The third-order valence-corrected chi connectivity index (χ3v) is 6.02. The molecule has 4 rings (SSSR count). The Morgan fingerprint density at radius 1 is 1.37 bits per heavy atom. The number of aromatic nitrogens is 1. The van der Waals surface area contributed by atoms with Crippen LogP contribution in [0.25, 0.3) is 5.52 Å². The molecule has 7 heteroatoms. The number of rotatable bonds is 4. The molecule has 3 heterocycles. The van der Waals surface area contributed by atoms with Crippen LogP contribution in [-0.4, -0.2) is 34.6 Å². The van der Waals surface area contributed by atoms with Gasteiger partial charge in [-0.15, -0.1) is 0 Å². The highest BCUT2D eigenvalue weighted by Crippen LogP contribution is 2.44. The molecular weight excluding hydrogens is 349 g/mol. The Labute approximate surface area is 156 Å². The van der Waals surface area contributed by atoms with Gasteiger partial charge in [-0.1, -0.05) is 13.3 Å². The Kier molecular flexibility index (Phi) is 4.22. The lowest BCUT2D eigenvalue weighted by atomic mass is 10.0. The van der Waals surface area contributed by atoms with Gasteiger partial charge >= 0.3 is 5.97 Å². The SMILES string of the molecule is CC[C@@H]1CN(c2c(F)cn3c(=O)c(C(=O)O)cc(C4CC4)c3c2C)C[C@@H]1N. The lowest BCUT2D eigenvalue weighted by Gasteiger charge is -2.24. The van der Waals surface area contributed by atoms with E-state index >= 15 is 4.39 Å². The third-order valence-electron chi connectivity index (χ3n) is 6.02. The number of hydrogen-bond acceptors (Lipinski definition) is 4. The average molecular weight is 373 g/mol. The lowest BCUT2D eigenvalue weighted by molar-refractivity contribution is 0.0694. The van der Waals surface area contributed by atoms with Crippen LogP contribution in [0, 0.1) is 18.7 Å². The molecule has 3 N–H and O–H groups in total. The highest BCUT2D eigenvalue weighted by atomic mass is 19.1. The van der Waals surface area contributed by atoms with Crippen molar-refractivity contribution < 1.29 is 14.3 Å². The van der Waals surface area contributed by atoms with Crippen molar-refractivity contribution in [3.05, 3.63) is 45.1 Å². The number of aromatic carboxylic acids is 1. The first-order valence-electron chi connectivity index (χ1n) is 9.45. The molecule has 0 radical (unpaired) electrons. The summed E-state index contributed by atoms with van der Waals surface area (Å²) in [7, 11) is 0. The first-order chi connectivity index (χ1) is 12.8. The van der Waals surface area contributed by atoms with Crippen molar-refractivity contribution in [3.63, 3.8) is 0 Å². The van der Waals surface area contributed by atoms with Crippen LogP contribution in [0.15, 0.2) is 17.1 Å². The molecule has 0 aromatic carbocycles. The van der Waals surface area contributed by atoms with Gasteiger partial charge in [-0.25, -0.2) is 9.18 Å². The molecule has 2 fully saturated rings. The van der Waals surface area contributed by atoms with Gasteiger partial charge in [0.2, 0.25) is 0 Å². The number of halogens is 1. The molecule has 0 bridgehead atoms. The first-order valence-corrected chi connectivity index (χ1v) is 9.45. The van der Waals surface area contributed by atoms with Crippen molar-refractivity contribution in [2.45, 2.75) is 45.1 Å². The van der Waals surface area contributed by atoms with Crippen LogP contribution in [0.5, 0.6) is 0 Å². The number of anilines is 1. The van der Waals surface area contributed by atoms with Gasteiger partial charge in [-0.05, 0) is 48.8 Å². The molecule has 1 aliphatic heterocycles. The summed E-state index contributed by atoms with van der Waals surface area (Å²) < 4.78 is 16.2. The molecule has 2 aliphatic rings. The summed E-state index contributed by atoms with van der Waals surface area (Å²) in [5.74, 6) is -1.27. The number of carboxylic acid groups (broad SMARTS) is 1. The number of carbonyl (C=O) groups is 1. The fourth-order valence-electron chi connectivity index (χ4n) is 4.40. The molecule has 0 amide bonds. The second kappa shape index (κ2) is 6.34. The number of carboxylic acids is 1. The van der Waals surface area contributed by atoms with Crippen molar-refractivity contribution in [2.75, 3.05) is 18.0 Å². The normalized spacial score (nSPS) is 22.6. The Hall–Kier alpha value is -2.41. The number of hydrogen-bond donors (Lipinski definition) is 2. The van der Waals surface area contributed by atoms with Crippen molar-refractivity contribution in [1.29, 1.82) is 0 Å². The summed E-state index contributed by atoms with van der Waals surface area (Å²) in [4.78, 5) is 26.1. The Balaban J connectivity index is 1.96. The second-order valence-corrected chi connectivity index (χ2v) is 7.80. The maximum Gasteiger partial charge on any atom is 0.341 e. The summed E-state index contributed by atoms with van der Waals surface area (Å²) in [6.45, 7) is 5.14. The highest BCUT2D eigenvalue weighted by Gasteiger charge is 2.34. The number of aryl methyl sites for hydroxylation is 1. The van der Waals surface area contributed by atoms with E-state index in [1.807, 2.05) is 11.8 Å². The van der Waals surface area contributed by atoms with E-state index in [0.717, 1.165) is 31.0 Å². The zero-order valence-corrected chi connectivity index (χ0v) is 15.5. The molecule has 0 unspecified atom stereocenters. The monoisotopic (exact) mass is 373 g/mol. The minimum Gasteiger partial charge on any atom is -0.477 e. The first kappa shape index (κ1) is 18.0. The van der Waals surface area contributed by atoms with E-state index in [4.69, 9.17) is 5.73 Å². The van der Waals surface area contributed by atoms with Gasteiger partial charge in [0.05, 0.1) is 17.4 Å². The minimum atomic E-state index is -1.28. The van der Waals surface area contributed by atoms with Gasteiger partial charge in [0.15, 0.2) is 5.82 Å². The zero-order chi connectivity index (χ0) is 19.5. The van der Waals surface area contributed by atoms with Crippen molar-refractivity contribution >= 4 is 17.2 Å². The summed E-state index contributed by atoms with van der Waals surface area (Å²) >= 11 is 0. The van der Waals surface area contributed by atoms with Crippen LogP contribution in [0.2, 0.25) is 0 Å². The molecule has 2 aromatic rings. The van der Waals surface area contributed by atoms with Crippen molar-refractivity contribution in [1.82, 2.24) is 4.40 Å². The van der Waals surface area contributed by atoms with E-state index in [2.05, 4.69) is 6.92 Å². The summed E-state index contributed by atoms with van der Waals surface area (Å²) in [5.41, 5.74) is 7.82. The Morgan fingerprint density at radius 3 is 2.63 bits per heavy atom. The van der Waals surface area contributed by atoms with Crippen molar-refractivity contribution in [2.24, 2.45) is 11.7 Å². The average Bonchev–Trinajstić information content (AvgIpc) is 3.38. The molecule has 144 valence electrons. The molecule has 2 atom stereocenters.